The lowest BCUT2D eigenvalue weighted by Gasteiger charge is -2.13. The smallest absolute Gasteiger partial charge is 0.338 e. The summed E-state index contributed by atoms with van der Waals surface area (Å²) in [6, 6.07) is 16.1. The Morgan fingerprint density at radius 1 is 0.829 bits per heavy atom. The van der Waals surface area contributed by atoms with Gasteiger partial charge < -0.3 is 14.8 Å². The molecule has 184 valence electrons. The number of sulfonamides is 1. The van der Waals surface area contributed by atoms with Gasteiger partial charge in [-0.05, 0) is 99.0 Å². The second-order valence-corrected chi connectivity index (χ2v) is 9.65. The lowest BCUT2D eigenvalue weighted by molar-refractivity contribution is -0.118. The molecule has 0 atom stereocenters. The number of hydrogen-bond donors (Lipinski definition) is 2. The van der Waals surface area contributed by atoms with E-state index in [1.807, 2.05) is 19.9 Å². The van der Waals surface area contributed by atoms with Gasteiger partial charge in [-0.15, -0.1) is 0 Å². The molecule has 8 nitrogen and oxygen atoms in total. The third kappa shape index (κ3) is 6.83. The van der Waals surface area contributed by atoms with Crippen molar-refractivity contribution in [2.24, 2.45) is 0 Å². The fraction of sp³-hybridized carbons (Fsp3) is 0.231. The van der Waals surface area contributed by atoms with Gasteiger partial charge in [0.15, 0.2) is 6.61 Å². The summed E-state index contributed by atoms with van der Waals surface area (Å²) in [7, 11) is -3.79. The van der Waals surface area contributed by atoms with Crippen molar-refractivity contribution >= 4 is 33.3 Å². The molecule has 3 aromatic carbocycles. The van der Waals surface area contributed by atoms with E-state index in [1.54, 1.807) is 50.2 Å². The van der Waals surface area contributed by atoms with E-state index in [0.717, 1.165) is 11.1 Å². The molecule has 2 N–H and O–H groups in total. The van der Waals surface area contributed by atoms with Crippen LogP contribution in [0.1, 0.15) is 34.0 Å². The maximum atomic E-state index is 12.8. The van der Waals surface area contributed by atoms with Crippen LogP contribution in [0.4, 0.5) is 11.4 Å². The highest BCUT2D eigenvalue weighted by molar-refractivity contribution is 7.92. The number of amides is 1. The molecule has 9 heteroatoms. The zero-order valence-corrected chi connectivity index (χ0v) is 20.9. The summed E-state index contributed by atoms with van der Waals surface area (Å²) in [5, 5.41) is 2.68. The maximum Gasteiger partial charge on any atom is 0.338 e. The van der Waals surface area contributed by atoms with Gasteiger partial charge in [0.1, 0.15) is 5.75 Å². The summed E-state index contributed by atoms with van der Waals surface area (Å²) >= 11 is 0. The Hall–Kier alpha value is -3.85. The summed E-state index contributed by atoms with van der Waals surface area (Å²) in [6.45, 7) is 7.31. The molecule has 3 aromatic rings. The Morgan fingerprint density at radius 3 is 2.14 bits per heavy atom. The number of carbonyl (C=O) groups excluding carboxylic acids is 2. The van der Waals surface area contributed by atoms with Crippen molar-refractivity contribution in [2.45, 2.75) is 32.6 Å². The standard InChI is InChI=1S/C26H28N2O6S/c1-5-33-26(30)20-7-10-21(11-8-20)27-25(29)16-34-24-13-12-23(15-19(24)4)35(31,32)28-22-9-6-17(2)18(3)14-22/h6-15,28H,5,16H2,1-4H3,(H,27,29). The van der Waals surface area contributed by atoms with Crippen molar-refractivity contribution in [3.63, 3.8) is 0 Å². The number of ether oxygens (including phenoxy) is 2. The summed E-state index contributed by atoms with van der Waals surface area (Å²) in [5.74, 6) is -0.442. The van der Waals surface area contributed by atoms with E-state index in [2.05, 4.69) is 10.0 Å². The van der Waals surface area contributed by atoms with Crippen molar-refractivity contribution in [3.05, 3.63) is 82.9 Å². The SMILES string of the molecule is CCOC(=O)c1ccc(NC(=O)COc2ccc(S(=O)(=O)Nc3ccc(C)c(C)c3)cc2C)cc1. The lowest BCUT2D eigenvalue weighted by Crippen LogP contribution is -2.20. The number of benzene rings is 3. The molecule has 0 fully saturated rings. The number of rotatable bonds is 9. The maximum absolute atomic E-state index is 12.8. The van der Waals surface area contributed by atoms with Gasteiger partial charge in [0.05, 0.1) is 17.1 Å². The Kier molecular flexibility index (Phi) is 8.14. The van der Waals surface area contributed by atoms with E-state index in [0.29, 0.717) is 28.3 Å². The van der Waals surface area contributed by atoms with Crippen LogP contribution in [0.3, 0.4) is 0 Å². The van der Waals surface area contributed by atoms with E-state index >= 15 is 0 Å². The first kappa shape index (κ1) is 25.8. The van der Waals surface area contributed by atoms with Crippen molar-refractivity contribution in [1.82, 2.24) is 0 Å². The van der Waals surface area contributed by atoms with Gasteiger partial charge in [-0.2, -0.15) is 0 Å². The summed E-state index contributed by atoms with van der Waals surface area (Å²) in [6.07, 6.45) is 0. The quantitative estimate of drug-likeness (QED) is 0.419. The Labute approximate surface area is 205 Å². The minimum absolute atomic E-state index is 0.0896. The van der Waals surface area contributed by atoms with Crippen molar-refractivity contribution < 1.29 is 27.5 Å². The first-order valence-electron chi connectivity index (χ1n) is 11.0. The predicted molar refractivity (Wildman–Crippen MR) is 134 cm³/mol. The Balaban J connectivity index is 1.60. The van der Waals surface area contributed by atoms with E-state index < -0.39 is 21.9 Å². The summed E-state index contributed by atoms with van der Waals surface area (Å²) in [4.78, 5) is 24.1. The van der Waals surface area contributed by atoms with Crippen LogP contribution in [-0.4, -0.2) is 33.5 Å². The number of anilines is 2. The molecule has 0 aliphatic carbocycles. The van der Waals surface area contributed by atoms with Crippen molar-refractivity contribution in [2.75, 3.05) is 23.3 Å². The van der Waals surface area contributed by atoms with E-state index in [9.17, 15) is 18.0 Å². The van der Waals surface area contributed by atoms with Crippen LogP contribution in [-0.2, 0) is 19.6 Å². The van der Waals surface area contributed by atoms with Crippen LogP contribution in [0.2, 0.25) is 0 Å². The van der Waals surface area contributed by atoms with Gasteiger partial charge in [0, 0.05) is 11.4 Å². The van der Waals surface area contributed by atoms with Crippen LogP contribution < -0.4 is 14.8 Å². The van der Waals surface area contributed by atoms with Crippen LogP contribution in [0.15, 0.2) is 65.6 Å². The second kappa shape index (κ2) is 11.1. The van der Waals surface area contributed by atoms with Crippen molar-refractivity contribution in [1.29, 1.82) is 0 Å². The van der Waals surface area contributed by atoms with Crippen LogP contribution in [0.25, 0.3) is 0 Å². The molecule has 3 rings (SSSR count). The number of nitrogens with one attached hydrogen (secondary N) is 2. The van der Waals surface area contributed by atoms with Gasteiger partial charge in [0.25, 0.3) is 15.9 Å². The molecule has 0 aliphatic heterocycles. The lowest BCUT2D eigenvalue weighted by atomic mass is 10.1. The van der Waals surface area contributed by atoms with Crippen LogP contribution >= 0.6 is 0 Å². The molecular weight excluding hydrogens is 468 g/mol. The number of hydrogen-bond acceptors (Lipinski definition) is 6. The zero-order chi connectivity index (χ0) is 25.6. The monoisotopic (exact) mass is 496 g/mol. The average Bonchev–Trinajstić information content (AvgIpc) is 2.81. The van der Waals surface area contributed by atoms with Gasteiger partial charge >= 0.3 is 5.97 Å². The van der Waals surface area contributed by atoms with Gasteiger partial charge in [0.2, 0.25) is 0 Å². The normalized spacial score (nSPS) is 11.0. The minimum atomic E-state index is -3.79. The molecule has 0 unspecified atom stereocenters. The molecule has 0 saturated heterocycles. The molecular formula is C26H28N2O6S. The summed E-state index contributed by atoms with van der Waals surface area (Å²) < 4.78 is 38.7. The summed E-state index contributed by atoms with van der Waals surface area (Å²) in [5.41, 5.74) is 4.00. The number of esters is 1. The molecule has 0 spiro atoms. The molecule has 0 aromatic heterocycles. The van der Waals surface area contributed by atoms with Gasteiger partial charge in [-0.3, -0.25) is 9.52 Å². The predicted octanol–water partition coefficient (Wildman–Crippen LogP) is 4.61. The van der Waals surface area contributed by atoms with E-state index in [4.69, 9.17) is 9.47 Å². The molecule has 35 heavy (non-hydrogen) atoms. The third-order valence-corrected chi connectivity index (χ3v) is 6.63. The highest BCUT2D eigenvalue weighted by Gasteiger charge is 2.17. The zero-order valence-electron chi connectivity index (χ0n) is 20.0. The molecule has 0 bridgehead atoms. The topological polar surface area (TPSA) is 111 Å². The van der Waals surface area contributed by atoms with Gasteiger partial charge in [-0.1, -0.05) is 6.07 Å². The largest absolute Gasteiger partial charge is 0.483 e. The van der Waals surface area contributed by atoms with Crippen LogP contribution in [0, 0.1) is 20.8 Å². The first-order valence-corrected chi connectivity index (χ1v) is 12.5. The molecule has 0 heterocycles. The number of aryl methyl sites for hydroxylation is 3. The first-order chi connectivity index (χ1) is 16.6. The highest BCUT2D eigenvalue weighted by atomic mass is 32.2. The molecule has 1 amide bonds. The van der Waals surface area contributed by atoms with E-state index in [1.165, 1.54) is 18.2 Å². The molecule has 0 radical (unpaired) electrons. The Morgan fingerprint density at radius 2 is 1.51 bits per heavy atom. The number of carbonyl (C=O) groups is 2. The highest BCUT2D eigenvalue weighted by Crippen LogP contribution is 2.24. The third-order valence-electron chi connectivity index (χ3n) is 5.25. The average molecular weight is 497 g/mol. The van der Waals surface area contributed by atoms with Crippen LogP contribution in [0.5, 0.6) is 5.75 Å². The van der Waals surface area contributed by atoms with E-state index in [-0.39, 0.29) is 18.1 Å². The second-order valence-electron chi connectivity index (χ2n) is 7.97. The fourth-order valence-electron chi connectivity index (χ4n) is 3.21. The van der Waals surface area contributed by atoms with Crippen molar-refractivity contribution in [3.8, 4) is 5.75 Å². The fourth-order valence-corrected chi connectivity index (χ4v) is 4.35. The minimum Gasteiger partial charge on any atom is -0.483 e. The Bertz CT molecular complexity index is 1330. The van der Waals surface area contributed by atoms with Gasteiger partial charge in [-0.25, -0.2) is 13.2 Å². The molecule has 0 aliphatic rings. The molecule has 0 saturated carbocycles.